The number of primary amides is 1. The van der Waals surface area contributed by atoms with Crippen molar-refractivity contribution >= 4 is 53.2 Å². The number of fused-ring (bicyclic) bond motifs is 1. The van der Waals surface area contributed by atoms with Crippen molar-refractivity contribution in [1.82, 2.24) is 9.80 Å². The number of hydrogen-bond acceptors (Lipinski definition) is 13. The van der Waals surface area contributed by atoms with Gasteiger partial charge in [-0.1, -0.05) is 6.92 Å². The third-order valence-corrected chi connectivity index (χ3v) is 11.3. The highest BCUT2D eigenvalue weighted by molar-refractivity contribution is 8.03. The second-order valence-corrected chi connectivity index (χ2v) is 14.5. The van der Waals surface area contributed by atoms with Crippen molar-refractivity contribution in [3.63, 3.8) is 0 Å². The van der Waals surface area contributed by atoms with Crippen molar-refractivity contribution in [3.8, 4) is 0 Å². The van der Waals surface area contributed by atoms with Gasteiger partial charge in [0.25, 0.3) is 11.4 Å². The number of nitro benzene ring substituents is 2. The number of thioether (sulfide) groups is 1. The first-order valence-electron chi connectivity index (χ1n) is 16.4. The number of β-lactam (4-membered cyclic amide) rings is 1. The summed E-state index contributed by atoms with van der Waals surface area (Å²) >= 11 is 1.16. The van der Waals surface area contributed by atoms with E-state index < -0.39 is 93.0 Å². The average Bonchev–Trinajstić information content (AvgIpc) is 3.55. The van der Waals surface area contributed by atoms with Crippen molar-refractivity contribution in [1.29, 1.82) is 0 Å². The molecule has 0 saturated carbocycles. The molecule has 1 unspecified atom stereocenters. The van der Waals surface area contributed by atoms with E-state index in [4.69, 9.17) is 15.2 Å². The highest BCUT2D eigenvalue weighted by atomic mass is 32.2. The SMILES string of the molecule is C[C@@H](O)[C@H]1C(=O)N2C(C(=O)O)=C(S[C@H]3C[C@H](C)[N+](CN(C(N)=O)C(=O)OCc4ccc([N+](=O)[O-])cc4)(C(=O)OCc4ccc([N+](=O)[O-])cc4)C3)[C@H](C)[C@H]12. The number of amides is 5. The van der Waals surface area contributed by atoms with Gasteiger partial charge in [-0.25, -0.2) is 18.9 Å². The van der Waals surface area contributed by atoms with Gasteiger partial charge in [-0.05, 0) is 49.2 Å². The van der Waals surface area contributed by atoms with Crippen molar-refractivity contribution in [2.24, 2.45) is 17.6 Å². The van der Waals surface area contributed by atoms with E-state index in [0.29, 0.717) is 20.9 Å². The lowest BCUT2D eigenvalue weighted by Gasteiger charge is -2.46. The molecule has 7 atom stereocenters. The number of urea groups is 1. The summed E-state index contributed by atoms with van der Waals surface area (Å²) in [6, 6.07) is 7.93. The van der Waals surface area contributed by atoms with Gasteiger partial charge in [-0.3, -0.25) is 25.0 Å². The molecule has 2 saturated heterocycles. The Hall–Kier alpha value is -5.60. The fourth-order valence-electron chi connectivity index (χ4n) is 7.05. The first-order valence-corrected chi connectivity index (χ1v) is 17.2. The number of carboxylic acids is 1. The number of hydrogen-bond donors (Lipinski definition) is 3. The molecule has 3 heterocycles. The van der Waals surface area contributed by atoms with Crippen LogP contribution in [-0.2, 0) is 32.3 Å². The topological polar surface area (TPSA) is 263 Å². The molecular weight excluding hydrogens is 720 g/mol. The summed E-state index contributed by atoms with van der Waals surface area (Å²) in [5.74, 6) is -3.09. The zero-order valence-corrected chi connectivity index (χ0v) is 29.5. The molecule has 5 rings (SSSR count). The number of aliphatic hydroxyl groups excluding tert-OH is 1. The summed E-state index contributed by atoms with van der Waals surface area (Å²) in [5, 5.41) is 41.9. The number of nitrogens with two attached hydrogens (primary N) is 1. The summed E-state index contributed by atoms with van der Waals surface area (Å²) in [4.78, 5) is 88.5. The van der Waals surface area contributed by atoms with Crippen molar-refractivity contribution in [2.75, 3.05) is 13.2 Å². The molecule has 0 aromatic heterocycles. The molecule has 19 nitrogen and oxygen atoms in total. The highest BCUT2D eigenvalue weighted by Crippen LogP contribution is 2.53. The minimum absolute atomic E-state index is 0.0914. The number of imide groups is 1. The predicted octanol–water partition coefficient (Wildman–Crippen LogP) is 3.68. The molecule has 3 aliphatic rings. The zero-order chi connectivity index (χ0) is 38.9. The molecule has 0 spiro atoms. The van der Waals surface area contributed by atoms with E-state index in [1.807, 2.05) is 0 Å². The van der Waals surface area contributed by atoms with Crippen LogP contribution >= 0.6 is 11.8 Å². The molecule has 2 fully saturated rings. The number of nitro groups is 2. The smallest absolute Gasteiger partial charge is 0.477 e. The van der Waals surface area contributed by atoms with Gasteiger partial charge >= 0.3 is 24.2 Å². The van der Waals surface area contributed by atoms with E-state index in [-0.39, 0.29) is 36.6 Å². The Labute approximate surface area is 305 Å². The Kier molecular flexibility index (Phi) is 11.1. The number of quaternary nitrogens is 1. The normalized spacial score (nSPS) is 25.2. The standard InChI is InChI=1S/C33H36N6O13S/c1-17-12-24(53-28-18(2)26-25(19(3)40)29(41)36(26)27(28)30(42)43)13-39(17,33(46)52-15-21-6-10-23(11-7-21)38(49)50)16-35(31(34)44)32(45)51-14-20-4-8-22(9-5-20)37(47)48/h4-11,17-19,24-26,40H,12-16H2,1-3H3,(H2-,34,42,43,44)/p+1/t17-,18+,19+,24-,25+,26+,39?/m0/s1. The third-order valence-electron chi connectivity index (χ3n) is 9.84. The van der Waals surface area contributed by atoms with E-state index in [9.17, 15) is 54.4 Å². The van der Waals surface area contributed by atoms with Crippen molar-refractivity contribution < 1.29 is 58.0 Å². The Morgan fingerprint density at radius 2 is 1.53 bits per heavy atom. The van der Waals surface area contributed by atoms with Gasteiger partial charge in [0.05, 0.1) is 39.2 Å². The van der Waals surface area contributed by atoms with Gasteiger partial charge in [-0.15, -0.1) is 11.8 Å². The van der Waals surface area contributed by atoms with Gasteiger partial charge in [0.1, 0.15) is 25.5 Å². The van der Waals surface area contributed by atoms with Gasteiger partial charge in [0, 0.05) is 41.5 Å². The molecule has 0 bridgehead atoms. The summed E-state index contributed by atoms with van der Waals surface area (Å²) < 4.78 is 10.3. The second-order valence-electron chi connectivity index (χ2n) is 13.2. The first-order chi connectivity index (χ1) is 25.0. The van der Waals surface area contributed by atoms with E-state index in [1.54, 1.807) is 13.8 Å². The molecule has 3 aliphatic heterocycles. The Bertz CT molecular complexity index is 1870. The maximum atomic E-state index is 14.1. The van der Waals surface area contributed by atoms with Crippen LogP contribution in [0.15, 0.2) is 59.1 Å². The molecular formula is C33H37N6O13S+. The van der Waals surface area contributed by atoms with Gasteiger partial charge in [0.15, 0.2) is 6.67 Å². The number of non-ortho nitro benzene ring substituents is 2. The number of nitrogens with zero attached hydrogens (tertiary/aromatic N) is 5. The summed E-state index contributed by atoms with van der Waals surface area (Å²) in [6.45, 7) is 3.44. The maximum absolute atomic E-state index is 14.1. The Balaban J connectivity index is 1.41. The molecule has 0 radical (unpaired) electrons. The molecule has 5 amide bonds. The number of likely N-dealkylation sites (tertiary alicyclic amines) is 1. The number of ether oxygens (including phenoxy) is 2. The second kappa shape index (κ2) is 15.2. The molecule has 53 heavy (non-hydrogen) atoms. The zero-order valence-electron chi connectivity index (χ0n) is 28.7. The fourth-order valence-corrected chi connectivity index (χ4v) is 8.77. The van der Waals surface area contributed by atoms with Crippen LogP contribution in [0.5, 0.6) is 0 Å². The minimum Gasteiger partial charge on any atom is -0.477 e. The number of aliphatic hydroxyl groups is 1. The van der Waals surface area contributed by atoms with Crippen LogP contribution in [0.25, 0.3) is 0 Å². The minimum atomic E-state index is -1.33. The average molecular weight is 758 g/mol. The lowest BCUT2D eigenvalue weighted by molar-refractivity contribution is -0.875. The summed E-state index contributed by atoms with van der Waals surface area (Å²) in [6.07, 6.45) is -2.85. The quantitative estimate of drug-likeness (QED) is 0.121. The number of rotatable bonds is 12. The van der Waals surface area contributed by atoms with Crippen LogP contribution in [0.3, 0.4) is 0 Å². The van der Waals surface area contributed by atoms with Crippen LogP contribution in [0.2, 0.25) is 0 Å². The number of aliphatic carboxylic acids is 1. The summed E-state index contributed by atoms with van der Waals surface area (Å²) in [5.41, 5.74) is 5.82. The first kappa shape index (κ1) is 38.6. The number of carbonyl (C=O) groups excluding carboxylic acids is 4. The van der Waals surface area contributed by atoms with Crippen LogP contribution in [-0.4, -0.2) is 101 Å². The van der Waals surface area contributed by atoms with Gasteiger partial charge in [-0.2, -0.15) is 9.69 Å². The molecule has 282 valence electrons. The van der Waals surface area contributed by atoms with E-state index in [0.717, 1.165) is 11.8 Å². The van der Waals surface area contributed by atoms with E-state index in [1.165, 1.54) is 60.4 Å². The number of carboxylic acid groups (broad SMARTS) is 1. The third kappa shape index (κ3) is 7.50. The number of carbonyl (C=O) groups is 5. The Morgan fingerprint density at radius 1 is 1.00 bits per heavy atom. The van der Waals surface area contributed by atoms with Gasteiger partial charge < -0.3 is 30.3 Å². The fraction of sp³-hybridized carbons (Fsp3) is 0.424. The Morgan fingerprint density at radius 3 is 2.00 bits per heavy atom. The van der Waals surface area contributed by atoms with Gasteiger partial charge in [0.2, 0.25) is 5.91 Å². The largest absolute Gasteiger partial charge is 0.518 e. The monoisotopic (exact) mass is 757 g/mol. The molecule has 0 aliphatic carbocycles. The molecule has 2 aromatic carbocycles. The van der Waals surface area contributed by atoms with Crippen LogP contribution in [0.4, 0.5) is 25.8 Å². The van der Waals surface area contributed by atoms with Crippen LogP contribution in [0, 0.1) is 32.1 Å². The molecule has 20 heteroatoms. The number of benzene rings is 2. The van der Waals surface area contributed by atoms with E-state index in [2.05, 4.69) is 0 Å². The lowest BCUT2D eigenvalue weighted by Crippen LogP contribution is -2.63. The summed E-state index contributed by atoms with van der Waals surface area (Å²) in [7, 11) is 0. The van der Waals surface area contributed by atoms with Crippen molar-refractivity contribution in [3.05, 3.63) is 90.5 Å². The van der Waals surface area contributed by atoms with E-state index >= 15 is 0 Å². The maximum Gasteiger partial charge on any atom is 0.518 e. The van der Waals surface area contributed by atoms with Crippen LogP contribution < -0.4 is 5.73 Å². The predicted molar refractivity (Wildman–Crippen MR) is 183 cm³/mol. The highest BCUT2D eigenvalue weighted by Gasteiger charge is 2.61. The van der Waals surface area contributed by atoms with Crippen LogP contribution in [0.1, 0.15) is 38.3 Å². The lowest BCUT2D eigenvalue weighted by atomic mass is 9.79. The molecule has 2 aromatic rings. The molecule has 4 N–H and O–H groups in total. The van der Waals surface area contributed by atoms with Crippen molar-refractivity contribution in [2.45, 2.75) is 63.8 Å².